The number of hydrogen-bond acceptors (Lipinski definition) is 8. The first-order valence-corrected chi connectivity index (χ1v) is 28.2. The maximum Gasteiger partial charge on any atom is 0.306 e. The van der Waals surface area contributed by atoms with E-state index in [1.54, 1.807) is 0 Å². The molecule has 0 bridgehead atoms. The number of carbonyl (C=O) groups is 3. The van der Waals surface area contributed by atoms with Gasteiger partial charge in [0.2, 0.25) is 0 Å². The molecule has 9 heteroatoms. The van der Waals surface area contributed by atoms with Crippen molar-refractivity contribution in [1.29, 1.82) is 0 Å². The van der Waals surface area contributed by atoms with Crippen LogP contribution in [0.3, 0.4) is 0 Å². The van der Waals surface area contributed by atoms with Gasteiger partial charge < -0.3 is 33.3 Å². The van der Waals surface area contributed by atoms with Crippen molar-refractivity contribution in [1.82, 2.24) is 0 Å². The smallest absolute Gasteiger partial charge is 0.306 e. The van der Waals surface area contributed by atoms with Gasteiger partial charge in [0.25, 0.3) is 0 Å². The van der Waals surface area contributed by atoms with Crippen molar-refractivity contribution in [3.8, 4) is 0 Å². The van der Waals surface area contributed by atoms with E-state index in [-0.39, 0.29) is 38.6 Å². The van der Waals surface area contributed by atoms with E-state index in [2.05, 4.69) is 135 Å². The number of quaternary nitrogens is 1. The van der Waals surface area contributed by atoms with Crippen molar-refractivity contribution in [3.63, 3.8) is 0 Å². The van der Waals surface area contributed by atoms with Crippen LogP contribution in [0, 0.1) is 0 Å². The number of allylic oxidation sites excluding steroid dienone is 20. The van der Waals surface area contributed by atoms with Gasteiger partial charge in [0.15, 0.2) is 12.4 Å². The summed E-state index contributed by atoms with van der Waals surface area (Å²) in [6.07, 6.45) is 71.2. The highest BCUT2D eigenvalue weighted by molar-refractivity contribution is 5.70. The Hall–Kier alpha value is -4.31. The molecule has 0 rings (SSSR count). The Kier molecular flexibility index (Phi) is 49.8. The summed E-state index contributed by atoms with van der Waals surface area (Å²) in [6, 6.07) is 0. The van der Waals surface area contributed by atoms with Gasteiger partial charge in [-0.25, -0.2) is 0 Å². The fourth-order valence-electron chi connectivity index (χ4n) is 7.12. The second kappa shape index (κ2) is 53.0. The number of likely N-dealkylation sites (N-methyl/N-ethyl adjacent to an activating group) is 1. The van der Waals surface area contributed by atoms with Gasteiger partial charge in [-0.05, 0) is 103 Å². The van der Waals surface area contributed by atoms with E-state index in [0.29, 0.717) is 17.4 Å². The van der Waals surface area contributed by atoms with Crippen LogP contribution in [0.25, 0.3) is 0 Å². The zero-order valence-electron chi connectivity index (χ0n) is 46.2. The summed E-state index contributed by atoms with van der Waals surface area (Å²) in [5.41, 5.74) is 0. The number of aliphatic carboxylic acids is 1. The highest BCUT2D eigenvalue weighted by Gasteiger charge is 2.22. The fraction of sp³-hybridized carbons (Fsp3) is 0.635. The molecule has 9 nitrogen and oxygen atoms in total. The van der Waals surface area contributed by atoms with Crippen molar-refractivity contribution in [2.75, 3.05) is 47.5 Å². The molecule has 0 amide bonds. The van der Waals surface area contributed by atoms with Crippen LogP contribution >= 0.6 is 0 Å². The molecule has 0 aliphatic carbocycles. The van der Waals surface area contributed by atoms with E-state index in [4.69, 9.17) is 18.9 Å². The monoisotopic (exact) mass is 1000 g/mol. The minimum absolute atomic E-state index is 0.139. The first kappa shape index (κ1) is 67.7. The van der Waals surface area contributed by atoms with Gasteiger partial charge in [-0.2, -0.15) is 0 Å². The number of ether oxygens (including phenoxy) is 4. The first-order valence-electron chi connectivity index (χ1n) is 28.2. The van der Waals surface area contributed by atoms with E-state index >= 15 is 0 Å². The van der Waals surface area contributed by atoms with Gasteiger partial charge >= 0.3 is 11.9 Å². The van der Waals surface area contributed by atoms with Crippen LogP contribution < -0.4 is 5.11 Å². The zero-order valence-corrected chi connectivity index (χ0v) is 46.2. The Morgan fingerprint density at radius 1 is 0.431 bits per heavy atom. The van der Waals surface area contributed by atoms with Gasteiger partial charge in [0, 0.05) is 12.8 Å². The molecule has 0 radical (unpaired) electrons. The number of esters is 2. The number of carboxylic acid groups (broad SMARTS) is 1. The normalized spacial score (nSPS) is 13.7. The molecule has 0 aliphatic rings. The Morgan fingerprint density at radius 2 is 0.792 bits per heavy atom. The molecule has 0 aromatic heterocycles. The van der Waals surface area contributed by atoms with Gasteiger partial charge in [-0.15, -0.1) is 0 Å². The van der Waals surface area contributed by atoms with Crippen LogP contribution in [0.5, 0.6) is 0 Å². The van der Waals surface area contributed by atoms with Crippen molar-refractivity contribution in [3.05, 3.63) is 122 Å². The van der Waals surface area contributed by atoms with Gasteiger partial charge in [-0.1, -0.05) is 206 Å². The molecule has 72 heavy (non-hydrogen) atoms. The summed E-state index contributed by atoms with van der Waals surface area (Å²) in [7, 11) is 5.90. The number of hydrogen-bond donors (Lipinski definition) is 0. The second-order valence-corrected chi connectivity index (χ2v) is 19.5. The Bertz CT molecular complexity index is 1590. The summed E-state index contributed by atoms with van der Waals surface area (Å²) in [5.74, 6) is -2.32. The minimum atomic E-state index is -1.63. The van der Waals surface area contributed by atoms with Crippen molar-refractivity contribution in [2.45, 2.75) is 212 Å². The second-order valence-electron chi connectivity index (χ2n) is 19.5. The van der Waals surface area contributed by atoms with Crippen LogP contribution in [-0.2, 0) is 33.3 Å². The average molecular weight is 1000 g/mol. The summed E-state index contributed by atoms with van der Waals surface area (Å²) < 4.78 is 22.6. The molecule has 0 aromatic carbocycles. The van der Waals surface area contributed by atoms with E-state index in [1.807, 2.05) is 21.1 Å². The molecule has 0 heterocycles. The van der Waals surface area contributed by atoms with E-state index in [1.165, 1.54) is 38.5 Å². The lowest BCUT2D eigenvalue weighted by atomic mass is 10.1. The Balaban J connectivity index is 4.15. The highest BCUT2D eigenvalue weighted by atomic mass is 16.7. The molecule has 0 saturated carbocycles. The predicted molar refractivity (Wildman–Crippen MR) is 301 cm³/mol. The number of carboxylic acids is 1. The van der Waals surface area contributed by atoms with Crippen LogP contribution in [0.15, 0.2) is 122 Å². The SMILES string of the molecule is CC/C=C\C/C=C\C/C=C\C/C=C\C/C=C\C/C=C\C/C=C\C/C=C\C/C=C\CCCCCCCCCCCC(=O)OC(COC(=O)CCCCCCC/C=C\CCC)COC(OCC[N+](C)(C)C)C(=O)[O-]. The third kappa shape index (κ3) is 53.5. The Morgan fingerprint density at radius 3 is 1.19 bits per heavy atom. The van der Waals surface area contributed by atoms with Crippen LogP contribution in [0.2, 0.25) is 0 Å². The van der Waals surface area contributed by atoms with Crippen LogP contribution in [0.1, 0.15) is 200 Å². The maximum absolute atomic E-state index is 12.8. The van der Waals surface area contributed by atoms with Gasteiger partial charge in [-0.3, -0.25) is 9.59 Å². The molecule has 0 fully saturated rings. The predicted octanol–water partition coefficient (Wildman–Crippen LogP) is 15.2. The molecule has 0 N–H and O–H groups in total. The van der Waals surface area contributed by atoms with Crippen molar-refractivity contribution < 1.29 is 42.9 Å². The number of unbranched alkanes of at least 4 members (excludes halogenated alkanes) is 15. The van der Waals surface area contributed by atoms with E-state index in [9.17, 15) is 19.5 Å². The first-order chi connectivity index (χ1) is 35.1. The lowest BCUT2D eigenvalue weighted by Gasteiger charge is -2.26. The van der Waals surface area contributed by atoms with Gasteiger partial charge in [0.05, 0.1) is 40.3 Å². The maximum atomic E-state index is 12.8. The highest BCUT2D eigenvalue weighted by Crippen LogP contribution is 2.14. The molecular formula is C63H103NO8. The van der Waals surface area contributed by atoms with E-state index < -0.39 is 24.3 Å². The van der Waals surface area contributed by atoms with Crippen molar-refractivity contribution in [2.24, 2.45) is 0 Å². The Labute approximate surface area is 440 Å². The van der Waals surface area contributed by atoms with Gasteiger partial charge in [0.1, 0.15) is 13.2 Å². The molecule has 408 valence electrons. The minimum Gasteiger partial charge on any atom is -0.545 e. The largest absolute Gasteiger partial charge is 0.545 e. The standard InChI is InChI=1S/C63H103NO8/c1-6-8-10-12-14-16-18-19-20-21-22-23-24-25-26-27-28-29-30-31-32-33-34-35-36-37-38-39-40-41-42-43-44-46-48-50-52-54-61(66)72-59(58-71-63(62(67)68)69-56-55-64(3,4)5)57-70-60(65)53-51-49-47-45-17-15-13-11-9-7-2/h8,10-11,13-14,16,19-20,22-23,25-26,28-29,31-32,34-35,37-38,59,63H,6-7,9,12,15,17-18,21,24,27,30,33,36,39-58H2,1-5H3/b10-8-,13-11-,16-14-,20-19-,23-22-,26-25-,29-28-,32-31-,35-34-,38-37-. The lowest BCUT2D eigenvalue weighted by Crippen LogP contribution is -2.44. The molecule has 0 aromatic rings. The summed E-state index contributed by atoms with van der Waals surface area (Å²) in [5, 5.41) is 11.7. The average Bonchev–Trinajstić information content (AvgIpc) is 3.35. The molecular weight excluding hydrogens is 899 g/mol. The molecule has 0 spiro atoms. The lowest BCUT2D eigenvalue weighted by molar-refractivity contribution is -0.870. The number of nitrogens with zero attached hydrogens (tertiary/aromatic N) is 1. The molecule has 2 atom stereocenters. The summed E-state index contributed by atoms with van der Waals surface area (Å²) in [4.78, 5) is 37.1. The topological polar surface area (TPSA) is 111 Å². The van der Waals surface area contributed by atoms with Crippen LogP contribution in [0.4, 0.5) is 0 Å². The molecule has 0 aliphatic heterocycles. The quantitative estimate of drug-likeness (QED) is 0.0195. The third-order valence-electron chi connectivity index (χ3n) is 11.4. The summed E-state index contributed by atoms with van der Waals surface area (Å²) >= 11 is 0. The fourth-order valence-corrected chi connectivity index (χ4v) is 7.12. The van der Waals surface area contributed by atoms with Crippen LogP contribution in [-0.4, -0.2) is 82.3 Å². The molecule has 0 saturated heterocycles. The van der Waals surface area contributed by atoms with E-state index in [0.717, 1.165) is 128 Å². The third-order valence-corrected chi connectivity index (χ3v) is 11.4. The zero-order chi connectivity index (χ0) is 52.7. The summed E-state index contributed by atoms with van der Waals surface area (Å²) in [6.45, 7) is 4.52. The number of rotatable bonds is 50. The van der Waals surface area contributed by atoms with Crippen molar-refractivity contribution >= 4 is 17.9 Å². The molecule has 2 unspecified atom stereocenters. The number of carbonyl (C=O) groups excluding carboxylic acids is 3.